The molecule has 0 amide bonds. The molecule has 0 unspecified atom stereocenters. The second-order valence-corrected chi connectivity index (χ2v) is 4.23. The summed E-state index contributed by atoms with van der Waals surface area (Å²) in [6, 6.07) is 4.53. The van der Waals surface area contributed by atoms with E-state index in [2.05, 4.69) is 15.3 Å². The Bertz CT molecular complexity index is 585. The third kappa shape index (κ3) is 2.86. The van der Waals surface area contributed by atoms with Crippen molar-refractivity contribution in [1.29, 1.82) is 0 Å². The minimum absolute atomic E-state index is 0.116. The molecule has 3 nitrogen and oxygen atoms in total. The van der Waals surface area contributed by atoms with Crippen molar-refractivity contribution < 1.29 is 8.78 Å². The molecule has 2 aromatic rings. The Labute approximate surface area is 110 Å². The number of aromatic nitrogens is 2. The summed E-state index contributed by atoms with van der Waals surface area (Å²) >= 11 is 0. The Balaban J connectivity index is 2.45. The van der Waals surface area contributed by atoms with Crippen LogP contribution in [0.2, 0.25) is 0 Å². The van der Waals surface area contributed by atoms with Crippen LogP contribution in [0.3, 0.4) is 0 Å². The molecule has 0 saturated carbocycles. The number of hydrogen-bond acceptors (Lipinski definition) is 3. The lowest BCUT2D eigenvalue weighted by molar-refractivity contribution is 0.612. The summed E-state index contributed by atoms with van der Waals surface area (Å²) in [5, 5.41) is 2.98. The highest BCUT2D eigenvalue weighted by molar-refractivity contribution is 5.64. The van der Waals surface area contributed by atoms with Gasteiger partial charge in [-0.1, -0.05) is 19.1 Å². The van der Waals surface area contributed by atoms with Gasteiger partial charge in [-0.05, 0) is 25.0 Å². The lowest BCUT2D eigenvalue weighted by Gasteiger charge is -2.09. The van der Waals surface area contributed by atoms with Crippen molar-refractivity contribution >= 4 is 5.95 Å². The molecule has 0 bridgehead atoms. The third-order valence-corrected chi connectivity index (χ3v) is 2.80. The Hall–Kier alpha value is -2.04. The highest BCUT2D eigenvalue weighted by atomic mass is 19.1. The standard InChI is InChI=1S/C14H15F2N3/c1-3-7-17-14-18-8-12(16)13(19-14)10-5-4-6-11(15)9(10)2/h4-6,8H,3,7H2,1-2H3,(H,17,18,19). The highest BCUT2D eigenvalue weighted by Gasteiger charge is 2.13. The molecule has 0 aliphatic carbocycles. The summed E-state index contributed by atoms with van der Waals surface area (Å²) in [5.74, 6) is -0.587. The van der Waals surface area contributed by atoms with E-state index in [9.17, 15) is 8.78 Å². The molecule has 0 aliphatic heterocycles. The van der Waals surface area contributed by atoms with Gasteiger partial charge in [0, 0.05) is 12.1 Å². The molecule has 0 saturated heterocycles. The Kier molecular flexibility index (Phi) is 4.04. The van der Waals surface area contributed by atoms with E-state index in [0.717, 1.165) is 12.6 Å². The van der Waals surface area contributed by atoms with Crippen LogP contribution in [-0.4, -0.2) is 16.5 Å². The van der Waals surface area contributed by atoms with E-state index in [4.69, 9.17) is 0 Å². The smallest absolute Gasteiger partial charge is 0.223 e. The predicted octanol–water partition coefficient (Wildman–Crippen LogP) is 3.55. The minimum Gasteiger partial charge on any atom is -0.354 e. The van der Waals surface area contributed by atoms with E-state index in [1.807, 2.05) is 6.92 Å². The molecule has 19 heavy (non-hydrogen) atoms. The number of nitrogens with zero attached hydrogens (tertiary/aromatic N) is 2. The third-order valence-electron chi connectivity index (χ3n) is 2.80. The molecule has 0 radical (unpaired) electrons. The van der Waals surface area contributed by atoms with Crippen molar-refractivity contribution in [2.75, 3.05) is 11.9 Å². The summed E-state index contributed by atoms with van der Waals surface area (Å²) in [5.41, 5.74) is 0.937. The van der Waals surface area contributed by atoms with Gasteiger partial charge in [-0.3, -0.25) is 0 Å². The SMILES string of the molecule is CCCNc1ncc(F)c(-c2cccc(F)c2C)n1. The molecule has 1 aromatic carbocycles. The molecule has 1 aromatic heterocycles. The molecule has 1 heterocycles. The molecule has 0 atom stereocenters. The van der Waals surface area contributed by atoms with Crippen LogP contribution in [0.25, 0.3) is 11.3 Å². The normalized spacial score (nSPS) is 10.5. The maximum absolute atomic E-state index is 13.8. The van der Waals surface area contributed by atoms with Crippen LogP contribution in [0.4, 0.5) is 14.7 Å². The van der Waals surface area contributed by atoms with Crippen LogP contribution in [0.1, 0.15) is 18.9 Å². The van der Waals surface area contributed by atoms with E-state index in [0.29, 0.717) is 23.6 Å². The van der Waals surface area contributed by atoms with Crippen LogP contribution in [0, 0.1) is 18.6 Å². The first-order valence-corrected chi connectivity index (χ1v) is 6.15. The van der Waals surface area contributed by atoms with Gasteiger partial charge in [0.15, 0.2) is 5.82 Å². The fourth-order valence-corrected chi connectivity index (χ4v) is 1.74. The first-order chi connectivity index (χ1) is 9.13. The van der Waals surface area contributed by atoms with Gasteiger partial charge in [0.1, 0.15) is 11.5 Å². The summed E-state index contributed by atoms with van der Waals surface area (Å²) in [6.45, 7) is 4.31. The first kappa shape index (κ1) is 13.4. The van der Waals surface area contributed by atoms with Crippen LogP contribution in [0.5, 0.6) is 0 Å². The maximum Gasteiger partial charge on any atom is 0.223 e. The van der Waals surface area contributed by atoms with Crippen molar-refractivity contribution in [2.45, 2.75) is 20.3 Å². The minimum atomic E-state index is -0.559. The average molecular weight is 263 g/mol. The number of halogens is 2. The Morgan fingerprint density at radius 1 is 1.21 bits per heavy atom. The van der Waals surface area contributed by atoms with Gasteiger partial charge in [0.2, 0.25) is 5.95 Å². The summed E-state index contributed by atoms with van der Waals surface area (Å²) in [7, 11) is 0. The van der Waals surface area contributed by atoms with E-state index >= 15 is 0 Å². The number of anilines is 1. The van der Waals surface area contributed by atoms with Gasteiger partial charge in [0.05, 0.1) is 6.20 Å². The van der Waals surface area contributed by atoms with Crippen molar-refractivity contribution in [2.24, 2.45) is 0 Å². The number of rotatable bonds is 4. The Morgan fingerprint density at radius 3 is 2.74 bits per heavy atom. The van der Waals surface area contributed by atoms with Crippen LogP contribution in [0.15, 0.2) is 24.4 Å². The second-order valence-electron chi connectivity index (χ2n) is 4.23. The summed E-state index contributed by atoms with van der Waals surface area (Å²) < 4.78 is 27.3. The topological polar surface area (TPSA) is 37.8 Å². The molecule has 1 N–H and O–H groups in total. The van der Waals surface area contributed by atoms with Crippen molar-refractivity contribution in [3.8, 4) is 11.3 Å². The highest BCUT2D eigenvalue weighted by Crippen LogP contribution is 2.26. The van der Waals surface area contributed by atoms with Gasteiger partial charge in [0.25, 0.3) is 0 Å². The zero-order valence-electron chi connectivity index (χ0n) is 10.9. The molecule has 2 rings (SSSR count). The van der Waals surface area contributed by atoms with E-state index < -0.39 is 5.82 Å². The Morgan fingerprint density at radius 2 is 2.00 bits per heavy atom. The van der Waals surface area contributed by atoms with E-state index in [1.165, 1.54) is 6.07 Å². The lowest BCUT2D eigenvalue weighted by atomic mass is 10.0. The number of hydrogen-bond donors (Lipinski definition) is 1. The van der Waals surface area contributed by atoms with Gasteiger partial charge < -0.3 is 5.32 Å². The van der Waals surface area contributed by atoms with Gasteiger partial charge in [-0.2, -0.15) is 0 Å². The molecule has 0 aliphatic rings. The number of nitrogens with one attached hydrogen (secondary N) is 1. The quantitative estimate of drug-likeness (QED) is 0.916. The fourth-order valence-electron chi connectivity index (χ4n) is 1.74. The zero-order valence-corrected chi connectivity index (χ0v) is 10.9. The monoisotopic (exact) mass is 263 g/mol. The fraction of sp³-hybridized carbons (Fsp3) is 0.286. The number of benzene rings is 1. The van der Waals surface area contributed by atoms with Gasteiger partial charge in [-0.15, -0.1) is 0 Å². The molecule has 5 heteroatoms. The molecular formula is C14H15F2N3. The van der Waals surface area contributed by atoms with Crippen molar-refractivity contribution in [3.63, 3.8) is 0 Å². The predicted molar refractivity (Wildman–Crippen MR) is 70.9 cm³/mol. The van der Waals surface area contributed by atoms with Gasteiger partial charge in [-0.25, -0.2) is 18.7 Å². The van der Waals surface area contributed by atoms with Crippen LogP contribution in [-0.2, 0) is 0 Å². The molecular weight excluding hydrogens is 248 g/mol. The van der Waals surface area contributed by atoms with E-state index in [1.54, 1.807) is 19.1 Å². The van der Waals surface area contributed by atoms with Crippen LogP contribution < -0.4 is 5.32 Å². The van der Waals surface area contributed by atoms with Crippen molar-refractivity contribution in [3.05, 3.63) is 41.6 Å². The van der Waals surface area contributed by atoms with Crippen LogP contribution >= 0.6 is 0 Å². The maximum atomic E-state index is 13.8. The molecule has 0 spiro atoms. The average Bonchev–Trinajstić information content (AvgIpc) is 2.41. The summed E-state index contributed by atoms with van der Waals surface area (Å²) in [4.78, 5) is 7.98. The largest absolute Gasteiger partial charge is 0.354 e. The zero-order chi connectivity index (χ0) is 13.8. The summed E-state index contributed by atoms with van der Waals surface area (Å²) in [6.07, 6.45) is 2.01. The first-order valence-electron chi connectivity index (χ1n) is 6.15. The second kappa shape index (κ2) is 5.73. The molecule has 100 valence electrons. The molecule has 0 fully saturated rings. The van der Waals surface area contributed by atoms with Gasteiger partial charge >= 0.3 is 0 Å². The lowest BCUT2D eigenvalue weighted by Crippen LogP contribution is -2.06. The van der Waals surface area contributed by atoms with E-state index in [-0.39, 0.29) is 11.5 Å². The van der Waals surface area contributed by atoms with Crippen molar-refractivity contribution in [1.82, 2.24) is 9.97 Å².